The molecule has 19 heavy (non-hydrogen) atoms. The van der Waals surface area contributed by atoms with Crippen molar-refractivity contribution in [3.05, 3.63) is 16.9 Å². The first kappa shape index (κ1) is 16.5. The fraction of sp³-hybridized carbons (Fsp3) is 0.800. The standard InChI is InChI=1S/C15H28ClN3/c1-6-9-17-14(8-7-11(2)3)15-13(16)10-18-19(15)12(4)5/h10-12,14,17H,6-9H2,1-5H3. The van der Waals surface area contributed by atoms with E-state index in [4.69, 9.17) is 11.6 Å². The Morgan fingerprint density at radius 2 is 1.95 bits per heavy atom. The van der Waals surface area contributed by atoms with Gasteiger partial charge in [-0.05, 0) is 45.6 Å². The lowest BCUT2D eigenvalue weighted by Crippen LogP contribution is -2.26. The van der Waals surface area contributed by atoms with Gasteiger partial charge in [0.15, 0.2) is 0 Å². The van der Waals surface area contributed by atoms with Crippen LogP contribution >= 0.6 is 11.6 Å². The van der Waals surface area contributed by atoms with Gasteiger partial charge in [-0.1, -0.05) is 32.4 Å². The summed E-state index contributed by atoms with van der Waals surface area (Å²) in [5, 5.41) is 8.82. The van der Waals surface area contributed by atoms with Crippen molar-refractivity contribution in [3.8, 4) is 0 Å². The number of halogens is 1. The zero-order chi connectivity index (χ0) is 14.4. The van der Waals surface area contributed by atoms with E-state index in [9.17, 15) is 0 Å². The summed E-state index contributed by atoms with van der Waals surface area (Å²) in [5.41, 5.74) is 1.14. The summed E-state index contributed by atoms with van der Waals surface area (Å²) in [6, 6.07) is 0.646. The molecule has 0 bridgehead atoms. The topological polar surface area (TPSA) is 29.9 Å². The van der Waals surface area contributed by atoms with Crippen LogP contribution in [0.4, 0.5) is 0 Å². The van der Waals surface area contributed by atoms with Crippen LogP contribution in [0.25, 0.3) is 0 Å². The molecular weight excluding hydrogens is 258 g/mol. The van der Waals surface area contributed by atoms with Crippen molar-refractivity contribution in [2.75, 3.05) is 6.54 Å². The second-order valence-electron chi connectivity index (χ2n) is 5.89. The molecule has 0 saturated heterocycles. The Morgan fingerprint density at radius 3 is 2.47 bits per heavy atom. The Morgan fingerprint density at radius 1 is 1.26 bits per heavy atom. The molecule has 1 rings (SSSR count). The summed E-state index contributed by atoms with van der Waals surface area (Å²) in [4.78, 5) is 0. The highest BCUT2D eigenvalue weighted by molar-refractivity contribution is 6.31. The zero-order valence-corrected chi connectivity index (χ0v) is 13.7. The molecule has 1 heterocycles. The van der Waals surface area contributed by atoms with Crippen LogP contribution in [0, 0.1) is 5.92 Å². The summed E-state index contributed by atoms with van der Waals surface area (Å²) in [6.45, 7) is 12.0. The molecule has 0 aliphatic rings. The highest BCUT2D eigenvalue weighted by atomic mass is 35.5. The van der Waals surface area contributed by atoms with Crippen molar-refractivity contribution in [2.45, 2.75) is 66.0 Å². The van der Waals surface area contributed by atoms with Crippen LogP contribution in [0.5, 0.6) is 0 Å². The first-order valence-electron chi connectivity index (χ1n) is 7.43. The number of rotatable bonds is 8. The van der Waals surface area contributed by atoms with E-state index in [1.54, 1.807) is 6.20 Å². The molecule has 0 aromatic carbocycles. The fourth-order valence-corrected chi connectivity index (χ4v) is 2.50. The Balaban J connectivity index is 2.91. The third-order valence-electron chi connectivity index (χ3n) is 3.28. The van der Waals surface area contributed by atoms with Crippen molar-refractivity contribution in [2.24, 2.45) is 5.92 Å². The molecule has 0 amide bonds. The number of aromatic nitrogens is 2. The molecule has 1 N–H and O–H groups in total. The molecule has 0 radical (unpaired) electrons. The average Bonchev–Trinajstić information content (AvgIpc) is 2.71. The van der Waals surface area contributed by atoms with Crippen LogP contribution in [0.15, 0.2) is 6.20 Å². The quantitative estimate of drug-likeness (QED) is 0.757. The van der Waals surface area contributed by atoms with Gasteiger partial charge in [-0.2, -0.15) is 5.10 Å². The lowest BCUT2D eigenvalue weighted by molar-refractivity contribution is 0.399. The second-order valence-corrected chi connectivity index (χ2v) is 6.30. The Hall–Kier alpha value is -0.540. The summed E-state index contributed by atoms with van der Waals surface area (Å²) in [5.74, 6) is 0.708. The summed E-state index contributed by atoms with van der Waals surface area (Å²) in [6.07, 6.45) is 5.20. The summed E-state index contributed by atoms with van der Waals surface area (Å²) >= 11 is 6.35. The summed E-state index contributed by atoms with van der Waals surface area (Å²) in [7, 11) is 0. The van der Waals surface area contributed by atoms with Crippen LogP contribution in [-0.4, -0.2) is 16.3 Å². The molecular formula is C15H28ClN3. The minimum atomic E-state index is 0.305. The lowest BCUT2D eigenvalue weighted by Gasteiger charge is -2.23. The minimum Gasteiger partial charge on any atom is -0.309 e. The molecule has 1 unspecified atom stereocenters. The van der Waals surface area contributed by atoms with E-state index < -0.39 is 0 Å². The van der Waals surface area contributed by atoms with Gasteiger partial charge in [-0.3, -0.25) is 4.68 Å². The monoisotopic (exact) mass is 285 g/mol. The van der Waals surface area contributed by atoms with Crippen LogP contribution in [-0.2, 0) is 0 Å². The maximum atomic E-state index is 6.35. The molecule has 3 nitrogen and oxygen atoms in total. The smallest absolute Gasteiger partial charge is 0.0834 e. The number of nitrogens with zero attached hydrogens (tertiary/aromatic N) is 2. The van der Waals surface area contributed by atoms with E-state index in [0.717, 1.165) is 30.1 Å². The van der Waals surface area contributed by atoms with Gasteiger partial charge in [-0.25, -0.2) is 0 Å². The van der Waals surface area contributed by atoms with E-state index >= 15 is 0 Å². The van der Waals surface area contributed by atoms with Gasteiger partial charge in [0.25, 0.3) is 0 Å². The summed E-state index contributed by atoms with van der Waals surface area (Å²) < 4.78 is 2.05. The maximum absolute atomic E-state index is 6.35. The molecule has 0 saturated carbocycles. The zero-order valence-electron chi connectivity index (χ0n) is 12.9. The number of hydrogen-bond donors (Lipinski definition) is 1. The molecule has 1 atom stereocenters. The Kier molecular flexibility index (Phi) is 6.87. The predicted octanol–water partition coefficient (Wildman–Crippen LogP) is 4.59. The highest BCUT2D eigenvalue weighted by Gasteiger charge is 2.21. The molecule has 1 aromatic heterocycles. The van der Waals surface area contributed by atoms with Crippen LogP contribution < -0.4 is 5.32 Å². The van der Waals surface area contributed by atoms with Gasteiger partial charge in [0.2, 0.25) is 0 Å². The van der Waals surface area contributed by atoms with Crippen molar-refractivity contribution in [3.63, 3.8) is 0 Å². The maximum Gasteiger partial charge on any atom is 0.0834 e. The van der Waals surface area contributed by atoms with Crippen molar-refractivity contribution >= 4 is 11.6 Å². The predicted molar refractivity (Wildman–Crippen MR) is 82.7 cm³/mol. The van der Waals surface area contributed by atoms with Gasteiger partial charge >= 0.3 is 0 Å². The van der Waals surface area contributed by atoms with Crippen molar-refractivity contribution < 1.29 is 0 Å². The minimum absolute atomic E-state index is 0.305. The van der Waals surface area contributed by atoms with Crippen LogP contribution in [0.3, 0.4) is 0 Å². The van der Waals surface area contributed by atoms with E-state index in [-0.39, 0.29) is 0 Å². The van der Waals surface area contributed by atoms with E-state index in [1.807, 2.05) is 0 Å². The van der Waals surface area contributed by atoms with Gasteiger partial charge < -0.3 is 5.32 Å². The second kappa shape index (κ2) is 7.91. The molecule has 110 valence electrons. The largest absolute Gasteiger partial charge is 0.309 e. The third-order valence-corrected chi connectivity index (χ3v) is 3.57. The molecule has 1 aromatic rings. The van der Waals surface area contributed by atoms with Crippen molar-refractivity contribution in [1.82, 2.24) is 15.1 Å². The van der Waals surface area contributed by atoms with Crippen LogP contribution in [0.1, 0.15) is 71.7 Å². The number of hydrogen-bond acceptors (Lipinski definition) is 2. The average molecular weight is 286 g/mol. The van der Waals surface area contributed by atoms with Crippen molar-refractivity contribution in [1.29, 1.82) is 0 Å². The normalized spacial score (nSPS) is 13.5. The molecule has 0 fully saturated rings. The van der Waals surface area contributed by atoms with Gasteiger partial charge in [-0.15, -0.1) is 0 Å². The molecule has 4 heteroatoms. The first-order valence-corrected chi connectivity index (χ1v) is 7.81. The molecule has 0 aliphatic carbocycles. The fourth-order valence-electron chi connectivity index (χ4n) is 2.24. The van der Waals surface area contributed by atoms with E-state index in [1.165, 1.54) is 6.42 Å². The first-order chi connectivity index (χ1) is 8.97. The van der Waals surface area contributed by atoms with E-state index in [0.29, 0.717) is 18.0 Å². The SMILES string of the molecule is CCCNC(CCC(C)C)c1c(Cl)cnn1C(C)C. The lowest BCUT2D eigenvalue weighted by atomic mass is 10.0. The molecule has 0 aliphatic heterocycles. The highest BCUT2D eigenvalue weighted by Crippen LogP contribution is 2.29. The Bertz CT molecular complexity index is 371. The van der Waals surface area contributed by atoms with Gasteiger partial charge in [0, 0.05) is 6.04 Å². The molecule has 0 spiro atoms. The number of nitrogens with one attached hydrogen (secondary N) is 1. The Labute approximate surface area is 122 Å². The van der Waals surface area contributed by atoms with Crippen LogP contribution in [0.2, 0.25) is 5.02 Å². The van der Waals surface area contributed by atoms with Gasteiger partial charge in [0.05, 0.1) is 23.0 Å². The van der Waals surface area contributed by atoms with Gasteiger partial charge in [0.1, 0.15) is 0 Å². The third kappa shape index (κ3) is 4.81. The van der Waals surface area contributed by atoms with E-state index in [2.05, 4.69) is 49.7 Å².